The molecule has 0 aliphatic carbocycles. The summed E-state index contributed by atoms with van der Waals surface area (Å²) >= 11 is 2.06. The van der Waals surface area contributed by atoms with Gasteiger partial charge in [0.15, 0.2) is 0 Å². The Labute approximate surface area is 188 Å². The van der Waals surface area contributed by atoms with Gasteiger partial charge in [-0.05, 0) is 61.2 Å². The molecule has 2 aliphatic rings. The van der Waals surface area contributed by atoms with Crippen LogP contribution in [0.4, 0.5) is 11.4 Å². The second-order valence-electron chi connectivity index (χ2n) is 8.20. The summed E-state index contributed by atoms with van der Waals surface area (Å²) < 4.78 is 5.43. The number of thioether (sulfide) groups is 1. The van der Waals surface area contributed by atoms with E-state index in [1.807, 2.05) is 19.1 Å². The highest BCUT2D eigenvalue weighted by molar-refractivity contribution is 8.00. The van der Waals surface area contributed by atoms with E-state index < -0.39 is 0 Å². The van der Waals surface area contributed by atoms with E-state index in [2.05, 4.69) is 75.5 Å². The minimum atomic E-state index is 0.559. The molecule has 5 rings (SSSR count). The van der Waals surface area contributed by atoms with Crippen LogP contribution in [0.2, 0.25) is 0 Å². The summed E-state index contributed by atoms with van der Waals surface area (Å²) in [4.78, 5) is 2.65. The quantitative estimate of drug-likeness (QED) is 0.587. The van der Waals surface area contributed by atoms with Gasteiger partial charge >= 0.3 is 0 Å². The molecule has 0 amide bonds. The van der Waals surface area contributed by atoms with Gasteiger partial charge in [-0.2, -0.15) is 11.8 Å². The van der Waals surface area contributed by atoms with Crippen LogP contribution in [0.15, 0.2) is 48.5 Å². The number of anilines is 2. The lowest BCUT2D eigenvalue weighted by Crippen LogP contribution is -2.46. The van der Waals surface area contributed by atoms with Gasteiger partial charge in [-0.15, -0.1) is 10.2 Å². The maximum Gasteiger partial charge on any atom is 0.233 e. The van der Waals surface area contributed by atoms with Gasteiger partial charge in [0, 0.05) is 53.6 Å². The third-order valence-corrected chi connectivity index (χ3v) is 7.40. The van der Waals surface area contributed by atoms with Crippen molar-refractivity contribution in [2.45, 2.75) is 32.9 Å². The standard InChI is InChI=1S/C25H28N4OS/c1-3-30-25-10-9-24(27-28-25)22-13-19(8-7-17(22)2)26-23-6-4-5-18-14-29(12-11-21(18)23)20-15-31-16-20/h4-10,13,20,26H,3,11-12,14-16H2,1-2H3. The van der Waals surface area contributed by atoms with E-state index >= 15 is 0 Å². The first-order valence-electron chi connectivity index (χ1n) is 11.0. The second kappa shape index (κ2) is 8.89. The Hall–Kier alpha value is -2.57. The second-order valence-corrected chi connectivity index (χ2v) is 9.27. The van der Waals surface area contributed by atoms with Gasteiger partial charge in [-0.1, -0.05) is 18.2 Å². The monoisotopic (exact) mass is 432 g/mol. The van der Waals surface area contributed by atoms with E-state index in [1.165, 1.54) is 33.9 Å². The fourth-order valence-electron chi connectivity index (χ4n) is 4.31. The molecule has 2 aliphatic heterocycles. The summed E-state index contributed by atoms with van der Waals surface area (Å²) in [5.41, 5.74) is 8.31. The molecule has 3 aromatic rings. The lowest BCUT2D eigenvalue weighted by atomic mass is 9.96. The van der Waals surface area contributed by atoms with E-state index in [0.717, 1.165) is 42.5 Å². The van der Waals surface area contributed by atoms with Crippen LogP contribution < -0.4 is 10.1 Å². The molecule has 5 nitrogen and oxygen atoms in total. The van der Waals surface area contributed by atoms with Crippen molar-refractivity contribution in [3.05, 3.63) is 65.2 Å². The van der Waals surface area contributed by atoms with Crippen LogP contribution in [0, 0.1) is 6.92 Å². The fraction of sp³-hybridized carbons (Fsp3) is 0.360. The van der Waals surface area contributed by atoms with E-state index in [1.54, 1.807) is 0 Å². The molecule has 0 radical (unpaired) electrons. The van der Waals surface area contributed by atoms with Crippen LogP contribution in [-0.4, -0.2) is 45.8 Å². The van der Waals surface area contributed by atoms with Crippen LogP contribution in [0.1, 0.15) is 23.6 Å². The van der Waals surface area contributed by atoms with Gasteiger partial charge in [0.2, 0.25) is 5.88 Å². The molecule has 31 heavy (non-hydrogen) atoms. The smallest absolute Gasteiger partial charge is 0.233 e. The number of aryl methyl sites for hydroxylation is 1. The number of fused-ring (bicyclic) bond motifs is 1. The molecule has 1 N–H and O–H groups in total. The van der Waals surface area contributed by atoms with Crippen molar-refractivity contribution < 1.29 is 4.74 Å². The summed E-state index contributed by atoms with van der Waals surface area (Å²) in [7, 11) is 0. The summed E-state index contributed by atoms with van der Waals surface area (Å²) in [6.07, 6.45) is 1.10. The predicted octanol–water partition coefficient (Wildman–Crippen LogP) is 5.07. The first kappa shape index (κ1) is 20.3. The maximum atomic E-state index is 5.43. The van der Waals surface area contributed by atoms with Gasteiger partial charge in [0.05, 0.1) is 12.3 Å². The van der Waals surface area contributed by atoms with Crippen LogP contribution in [0.25, 0.3) is 11.3 Å². The largest absolute Gasteiger partial charge is 0.477 e. The lowest BCUT2D eigenvalue weighted by Gasteiger charge is -2.40. The molecule has 1 fully saturated rings. The van der Waals surface area contributed by atoms with Crippen molar-refractivity contribution in [3.8, 4) is 17.1 Å². The number of nitrogens with one attached hydrogen (secondary N) is 1. The lowest BCUT2D eigenvalue weighted by molar-refractivity contribution is 0.202. The van der Waals surface area contributed by atoms with Crippen LogP contribution in [0.5, 0.6) is 5.88 Å². The van der Waals surface area contributed by atoms with Gasteiger partial charge in [-0.3, -0.25) is 4.90 Å². The minimum Gasteiger partial charge on any atom is -0.477 e. The number of hydrogen-bond donors (Lipinski definition) is 1. The molecule has 6 heteroatoms. The first-order chi connectivity index (χ1) is 15.2. The molecule has 1 aromatic heterocycles. The number of nitrogens with zero attached hydrogens (tertiary/aromatic N) is 3. The van der Waals surface area contributed by atoms with E-state index in [0.29, 0.717) is 12.5 Å². The molecule has 160 valence electrons. The maximum absolute atomic E-state index is 5.43. The molecule has 0 spiro atoms. The van der Waals surface area contributed by atoms with Gasteiger partial charge < -0.3 is 10.1 Å². The molecular formula is C25H28N4OS. The Morgan fingerprint density at radius 3 is 2.77 bits per heavy atom. The zero-order valence-electron chi connectivity index (χ0n) is 18.1. The molecule has 1 saturated heterocycles. The van der Waals surface area contributed by atoms with Crippen molar-refractivity contribution in [2.75, 3.05) is 30.0 Å². The highest BCUT2D eigenvalue weighted by Crippen LogP contribution is 2.33. The molecule has 0 atom stereocenters. The van der Waals surface area contributed by atoms with Crippen LogP contribution in [-0.2, 0) is 13.0 Å². The molecule has 0 bridgehead atoms. The van der Waals surface area contributed by atoms with Gasteiger partial charge in [0.1, 0.15) is 0 Å². The topological polar surface area (TPSA) is 50.3 Å². The molecule has 0 unspecified atom stereocenters. The highest BCUT2D eigenvalue weighted by atomic mass is 32.2. The van der Waals surface area contributed by atoms with Gasteiger partial charge in [0.25, 0.3) is 0 Å². The predicted molar refractivity (Wildman–Crippen MR) is 128 cm³/mol. The minimum absolute atomic E-state index is 0.559. The average Bonchev–Trinajstić information content (AvgIpc) is 2.75. The van der Waals surface area contributed by atoms with E-state index in [9.17, 15) is 0 Å². The SMILES string of the molecule is CCOc1ccc(-c2cc(Nc3cccc4c3CCN(C3CSC3)C4)ccc2C)nn1. The van der Waals surface area contributed by atoms with Crippen LogP contribution >= 0.6 is 11.8 Å². The van der Waals surface area contributed by atoms with Crippen molar-refractivity contribution >= 4 is 23.1 Å². The number of aromatic nitrogens is 2. The highest BCUT2D eigenvalue weighted by Gasteiger charge is 2.29. The Morgan fingerprint density at radius 2 is 2.03 bits per heavy atom. The summed E-state index contributed by atoms with van der Waals surface area (Å²) in [6, 6.07) is 17.7. The zero-order chi connectivity index (χ0) is 21.2. The summed E-state index contributed by atoms with van der Waals surface area (Å²) in [5.74, 6) is 3.13. The third kappa shape index (κ3) is 4.27. The van der Waals surface area contributed by atoms with Crippen molar-refractivity contribution in [1.29, 1.82) is 0 Å². The Kier molecular flexibility index (Phi) is 5.83. The normalized spacial score (nSPS) is 16.5. The number of ether oxygens (including phenoxy) is 1. The van der Waals surface area contributed by atoms with E-state index in [-0.39, 0.29) is 0 Å². The number of benzene rings is 2. The molecule has 0 saturated carbocycles. The zero-order valence-corrected chi connectivity index (χ0v) is 18.9. The number of hydrogen-bond acceptors (Lipinski definition) is 6. The van der Waals surface area contributed by atoms with Crippen molar-refractivity contribution in [2.24, 2.45) is 0 Å². The Morgan fingerprint density at radius 1 is 1.13 bits per heavy atom. The van der Waals surface area contributed by atoms with Gasteiger partial charge in [-0.25, -0.2) is 0 Å². The summed E-state index contributed by atoms with van der Waals surface area (Å²) in [5, 5.41) is 12.2. The van der Waals surface area contributed by atoms with Crippen molar-refractivity contribution in [3.63, 3.8) is 0 Å². The molecule has 2 aromatic carbocycles. The van der Waals surface area contributed by atoms with Crippen LogP contribution in [0.3, 0.4) is 0 Å². The Bertz CT molecular complexity index is 1070. The molecule has 3 heterocycles. The third-order valence-electron chi connectivity index (χ3n) is 6.16. The summed E-state index contributed by atoms with van der Waals surface area (Å²) in [6.45, 7) is 6.86. The van der Waals surface area contributed by atoms with E-state index in [4.69, 9.17) is 4.74 Å². The fourth-order valence-corrected chi connectivity index (χ4v) is 5.18. The average molecular weight is 433 g/mol. The molecular weight excluding hydrogens is 404 g/mol. The Balaban J connectivity index is 1.38. The first-order valence-corrected chi connectivity index (χ1v) is 12.1. The van der Waals surface area contributed by atoms with Crippen molar-refractivity contribution in [1.82, 2.24) is 15.1 Å². The number of rotatable bonds is 6.